The van der Waals surface area contributed by atoms with Crippen molar-refractivity contribution < 1.29 is 28.7 Å². The Bertz CT molecular complexity index is 877. The van der Waals surface area contributed by atoms with Crippen LogP contribution in [0, 0.1) is 10.1 Å². The molecule has 0 aromatic heterocycles. The summed E-state index contributed by atoms with van der Waals surface area (Å²) in [5, 5.41) is 13.2. The normalized spacial score (nSPS) is 12.0. The number of benzene rings is 2. The molecular weight excluding hydrogens is 404 g/mol. The van der Waals surface area contributed by atoms with Crippen molar-refractivity contribution >= 4 is 17.7 Å². The lowest BCUT2D eigenvalue weighted by Crippen LogP contribution is -2.46. The fraction of sp³-hybridized carbons (Fsp3) is 0.364. The first-order valence-corrected chi connectivity index (χ1v) is 9.65. The molecule has 0 heterocycles. The number of hydrogen-bond donors (Lipinski definition) is 1. The van der Waals surface area contributed by atoms with Gasteiger partial charge in [-0.05, 0) is 44.0 Å². The van der Waals surface area contributed by atoms with Gasteiger partial charge in [-0.3, -0.25) is 10.1 Å². The van der Waals surface area contributed by atoms with Crippen LogP contribution in [0.2, 0.25) is 0 Å². The molecule has 0 aliphatic carbocycles. The third-order valence-corrected chi connectivity index (χ3v) is 4.00. The molecule has 9 nitrogen and oxygen atoms in total. The first-order chi connectivity index (χ1) is 14.6. The van der Waals surface area contributed by atoms with E-state index in [-0.39, 0.29) is 25.5 Å². The van der Waals surface area contributed by atoms with E-state index in [1.165, 1.54) is 24.3 Å². The third-order valence-electron chi connectivity index (χ3n) is 4.00. The summed E-state index contributed by atoms with van der Waals surface area (Å²) in [5.41, 5.74) is 0.781. The molecule has 0 bridgehead atoms. The van der Waals surface area contributed by atoms with Crippen molar-refractivity contribution in [2.24, 2.45) is 0 Å². The van der Waals surface area contributed by atoms with Crippen molar-refractivity contribution in [2.75, 3.05) is 6.61 Å². The summed E-state index contributed by atoms with van der Waals surface area (Å²) in [4.78, 5) is 34.9. The van der Waals surface area contributed by atoms with Crippen LogP contribution in [0.15, 0.2) is 54.6 Å². The first-order valence-electron chi connectivity index (χ1n) is 9.65. The monoisotopic (exact) mass is 430 g/mol. The number of nitro benzene ring substituents is 1. The van der Waals surface area contributed by atoms with E-state index in [2.05, 4.69) is 5.32 Å². The number of hydrogen-bond acceptors (Lipinski definition) is 7. The molecule has 1 N–H and O–H groups in total. The number of non-ortho nitro benzene ring substituents is 1. The molecule has 0 spiro atoms. The highest BCUT2D eigenvalue weighted by molar-refractivity contribution is 5.81. The van der Waals surface area contributed by atoms with E-state index in [9.17, 15) is 19.7 Å². The van der Waals surface area contributed by atoms with Gasteiger partial charge in [0.15, 0.2) is 6.04 Å². The van der Waals surface area contributed by atoms with Gasteiger partial charge in [-0.25, -0.2) is 9.59 Å². The lowest BCUT2D eigenvalue weighted by Gasteiger charge is -2.24. The number of alkyl carbamates (subject to hydrolysis) is 1. The third kappa shape index (κ3) is 8.83. The van der Waals surface area contributed by atoms with E-state index in [1.54, 1.807) is 0 Å². The number of nitro groups is 1. The summed E-state index contributed by atoms with van der Waals surface area (Å²) in [7, 11) is 0. The number of ether oxygens (including phenoxy) is 3. The summed E-state index contributed by atoms with van der Waals surface area (Å²) in [5.74, 6) is -0.709. The van der Waals surface area contributed by atoms with Crippen molar-refractivity contribution in [3.8, 4) is 0 Å². The minimum Gasteiger partial charge on any atom is -0.459 e. The standard InChI is InChI=1S/C22H26N2O7/c1-22(2,3)31-15-19(23-21(26)30-14-16-7-5-4-6-8-16)20(25)29-13-17-9-11-18(12-10-17)24(27)28/h4-12,19H,13-15H2,1-3H3,(H,23,26)/t19-/m1/s1. The summed E-state index contributed by atoms with van der Waals surface area (Å²) < 4.78 is 16.0. The number of nitrogens with one attached hydrogen (secondary N) is 1. The molecule has 0 radical (unpaired) electrons. The molecule has 1 atom stereocenters. The van der Waals surface area contributed by atoms with E-state index in [4.69, 9.17) is 14.2 Å². The number of rotatable bonds is 9. The Labute approximate surface area is 180 Å². The molecule has 0 fully saturated rings. The van der Waals surface area contributed by atoms with Crippen LogP contribution in [0.4, 0.5) is 10.5 Å². The fourth-order valence-corrected chi connectivity index (χ4v) is 2.38. The highest BCUT2D eigenvalue weighted by Gasteiger charge is 2.26. The van der Waals surface area contributed by atoms with Crippen LogP contribution in [-0.4, -0.2) is 35.2 Å². The van der Waals surface area contributed by atoms with Crippen LogP contribution in [0.3, 0.4) is 0 Å². The Balaban J connectivity index is 1.94. The highest BCUT2D eigenvalue weighted by atomic mass is 16.6. The first kappa shape index (κ1) is 23.8. The predicted molar refractivity (Wildman–Crippen MR) is 112 cm³/mol. The second-order valence-electron chi connectivity index (χ2n) is 7.71. The zero-order valence-electron chi connectivity index (χ0n) is 17.7. The maximum absolute atomic E-state index is 12.5. The van der Waals surface area contributed by atoms with Crippen LogP contribution in [0.1, 0.15) is 31.9 Å². The molecule has 0 saturated carbocycles. The van der Waals surface area contributed by atoms with Gasteiger partial charge in [0.05, 0.1) is 17.1 Å². The molecule has 0 aliphatic heterocycles. The molecule has 2 rings (SSSR count). The van der Waals surface area contributed by atoms with E-state index in [1.807, 2.05) is 51.1 Å². The average molecular weight is 430 g/mol. The van der Waals surface area contributed by atoms with Crippen molar-refractivity contribution in [2.45, 2.75) is 45.6 Å². The number of carbonyl (C=O) groups is 2. The van der Waals surface area contributed by atoms with Gasteiger partial charge in [0.2, 0.25) is 0 Å². The highest BCUT2D eigenvalue weighted by Crippen LogP contribution is 2.13. The lowest BCUT2D eigenvalue weighted by atomic mass is 10.2. The van der Waals surface area contributed by atoms with Gasteiger partial charge in [0.25, 0.3) is 5.69 Å². The van der Waals surface area contributed by atoms with Crippen LogP contribution in [0.5, 0.6) is 0 Å². The maximum Gasteiger partial charge on any atom is 0.408 e. The number of carbonyl (C=O) groups excluding carboxylic acids is 2. The Morgan fingerprint density at radius 1 is 0.968 bits per heavy atom. The van der Waals surface area contributed by atoms with Crippen molar-refractivity contribution in [3.63, 3.8) is 0 Å². The van der Waals surface area contributed by atoms with Crippen molar-refractivity contribution in [1.82, 2.24) is 5.32 Å². The van der Waals surface area contributed by atoms with Gasteiger partial charge in [0, 0.05) is 12.1 Å². The van der Waals surface area contributed by atoms with Gasteiger partial charge < -0.3 is 19.5 Å². The molecule has 166 valence electrons. The predicted octanol–water partition coefficient (Wildman–Crippen LogP) is 3.75. The average Bonchev–Trinajstić information content (AvgIpc) is 2.73. The molecule has 31 heavy (non-hydrogen) atoms. The smallest absolute Gasteiger partial charge is 0.408 e. The summed E-state index contributed by atoms with van der Waals surface area (Å²) in [6, 6.07) is 13.7. The van der Waals surface area contributed by atoms with Crippen LogP contribution < -0.4 is 5.32 Å². The summed E-state index contributed by atoms with van der Waals surface area (Å²) in [6.07, 6.45) is -0.779. The second kappa shape index (κ2) is 11.1. The molecule has 2 aromatic rings. The SMILES string of the molecule is CC(C)(C)OC[C@@H](NC(=O)OCc1ccccc1)C(=O)OCc1ccc([N+](=O)[O-])cc1. The van der Waals surface area contributed by atoms with Crippen molar-refractivity contribution in [1.29, 1.82) is 0 Å². The zero-order valence-corrected chi connectivity index (χ0v) is 17.7. The maximum atomic E-state index is 12.5. The van der Waals surface area contributed by atoms with Gasteiger partial charge in [0.1, 0.15) is 13.2 Å². The van der Waals surface area contributed by atoms with Gasteiger partial charge in [-0.2, -0.15) is 0 Å². The molecule has 1 amide bonds. The number of esters is 1. The molecule has 0 unspecified atom stereocenters. The molecule has 0 aliphatic rings. The summed E-state index contributed by atoms with van der Waals surface area (Å²) in [6.45, 7) is 5.30. The molecular formula is C22H26N2O7. The lowest BCUT2D eigenvalue weighted by molar-refractivity contribution is -0.384. The number of amides is 1. The van der Waals surface area contributed by atoms with E-state index >= 15 is 0 Å². The Kier molecular flexibility index (Phi) is 8.51. The van der Waals surface area contributed by atoms with Crippen LogP contribution in [0.25, 0.3) is 0 Å². The quantitative estimate of drug-likeness (QED) is 0.366. The van der Waals surface area contributed by atoms with Gasteiger partial charge in [-0.1, -0.05) is 30.3 Å². The zero-order chi connectivity index (χ0) is 22.9. The van der Waals surface area contributed by atoms with E-state index < -0.39 is 28.6 Å². The molecule has 0 saturated heterocycles. The Morgan fingerprint density at radius 3 is 2.13 bits per heavy atom. The summed E-state index contributed by atoms with van der Waals surface area (Å²) >= 11 is 0. The minimum atomic E-state index is -1.08. The minimum absolute atomic E-state index is 0.0529. The second-order valence-corrected chi connectivity index (χ2v) is 7.71. The van der Waals surface area contributed by atoms with E-state index in [0.29, 0.717) is 5.56 Å². The van der Waals surface area contributed by atoms with Crippen LogP contribution in [-0.2, 0) is 32.2 Å². The van der Waals surface area contributed by atoms with Crippen LogP contribution >= 0.6 is 0 Å². The fourth-order valence-electron chi connectivity index (χ4n) is 2.38. The Hall–Kier alpha value is -3.46. The van der Waals surface area contributed by atoms with Gasteiger partial charge in [-0.15, -0.1) is 0 Å². The van der Waals surface area contributed by atoms with Crippen molar-refractivity contribution in [3.05, 3.63) is 75.8 Å². The number of nitrogens with zero attached hydrogens (tertiary/aromatic N) is 1. The molecule has 9 heteroatoms. The Morgan fingerprint density at radius 2 is 1.55 bits per heavy atom. The van der Waals surface area contributed by atoms with Gasteiger partial charge >= 0.3 is 12.1 Å². The van der Waals surface area contributed by atoms with E-state index in [0.717, 1.165) is 5.56 Å². The largest absolute Gasteiger partial charge is 0.459 e. The molecule has 2 aromatic carbocycles. The topological polar surface area (TPSA) is 117 Å².